The third-order valence-electron chi connectivity index (χ3n) is 2.35. The predicted octanol–water partition coefficient (Wildman–Crippen LogP) is 0.850. The minimum absolute atomic E-state index is 0.256. The quantitative estimate of drug-likeness (QED) is 0.637. The van der Waals surface area contributed by atoms with E-state index in [9.17, 15) is 9.59 Å². The molecule has 1 unspecified atom stereocenters. The van der Waals surface area contributed by atoms with Crippen molar-refractivity contribution in [1.29, 1.82) is 0 Å². The van der Waals surface area contributed by atoms with Crippen molar-refractivity contribution in [3.05, 3.63) is 0 Å². The van der Waals surface area contributed by atoms with Gasteiger partial charge >= 0.3 is 12.1 Å². The molecule has 74 valence electrons. The monoisotopic (exact) mass is 187 g/mol. The molecule has 0 aliphatic carbocycles. The molecule has 1 aliphatic rings. The Hall–Kier alpha value is -1.26. The summed E-state index contributed by atoms with van der Waals surface area (Å²) in [4.78, 5) is 22.4. The van der Waals surface area contributed by atoms with E-state index in [1.54, 1.807) is 0 Å². The molecular formula is C8H13NO4. The van der Waals surface area contributed by atoms with Crippen molar-refractivity contribution in [3.8, 4) is 0 Å². The van der Waals surface area contributed by atoms with E-state index in [0.29, 0.717) is 13.0 Å². The van der Waals surface area contributed by atoms with Crippen LogP contribution in [0.25, 0.3) is 0 Å². The molecule has 1 rings (SSSR count). The molecule has 13 heavy (non-hydrogen) atoms. The van der Waals surface area contributed by atoms with E-state index in [2.05, 4.69) is 0 Å². The molecule has 0 aromatic rings. The van der Waals surface area contributed by atoms with E-state index in [0.717, 1.165) is 11.3 Å². The van der Waals surface area contributed by atoms with Crippen LogP contribution in [0.5, 0.6) is 0 Å². The lowest BCUT2D eigenvalue weighted by molar-refractivity contribution is -0.144. The fourth-order valence-corrected chi connectivity index (χ4v) is 1.62. The van der Waals surface area contributed by atoms with Crippen molar-refractivity contribution >= 4 is 12.1 Å². The van der Waals surface area contributed by atoms with Crippen molar-refractivity contribution in [2.45, 2.75) is 25.8 Å². The number of likely N-dealkylation sites (tertiary alicyclic amines) is 1. The molecule has 0 saturated carbocycles. The molecule has 2 N–H and O–H groups in total. The van der Waals surface area contributed by atoms with Gasteiger partial charge in [-0.05, 0) is 18.8 Å². The lowest BCUT2D eigenvalue weighted by atomic mass is 9.95. The molecule has 1 heterocycles. The van der Waals surface area contributed by atoms with Gasteiger partial charge in [0, 0.05) is 6.54 Å². The summed E-state index contributed by atoms with van der Waals surface area (Å²) >= 11 is 0. The third-order valence-corrected chi connectivity index (χ3v) is 2.35. The smallest absolute Gasteiger partial charge is 0.408 e. The lowest BCUT2D eigenvalue weighted by Gasteiger charge is -2.33. The summed E-state index contributed by atoms with van der Waals surface area (Å²) in [5, 5.41) is 17.5. The van der Waals surface area contributed by atoms with Crippen LogP contribution in [-0.2, 0) is 4.79 Å². The maximum Gasteiger partial charge on any atom is 0.408 e. The maximum absolute atomic E-state index is 10.7. The van der Waals surface area contributed by atoms with Crippen molar-refractivity contribution in [2.75, 3.05) is 6.54 Å². The van der Waals surface area contributed by atoms with Crippen LogP contribution in [0.1, 0.15) is 19.8 Å². The topological polar surface area (TPSA) is 77.8 Å². The van der Waals surface area contributed by atoms with Crippen LogP contribution in [0.3, 0.4) is 0 Å². The van der Waals surface area contributed by atoms with Crippen LogP contribution in [0.15, 0.2) is 0 Å². The molecule has 1 amide bonds. The molecule has 0 spiro atoms. The second-order valence-corrected chi connectivity index (χ2v) is 3.47. The summed E-state index contributed by atoms with van der Waals surface area (Å²) in [5.41, 5.74) is 0. The number of amides is 1. The first-order valence-electron chi connectivity index (χ1n) is 4.24. The highest BCUT2D eigenvalue weighted by atomic mass is 16.4. The summed E-state index contributed by atoms with van der Waals surface area (Å²) in [6.45, 7) is 2.25. The zero-order valence-corrected chi connectivity index (χ0v) is 7.43. The Labute approximate surface area is 76.0 Å². The van der Waals surface area contributed by atoms with E-state index < -0.39 is 18.1 Å². The summed E-state index contributed by atoms with van der Waals surface area (Å²) in [6.07, 6.45) is 0.0581. The summed E-state index contributed by atoms with van der Waals surface area (Å²) in [7, 11) is 0. The molecule has 1 saturated heterocycles. The molecule has 1 fully saturated rings. The Morgan fingerprint density at radius 2 is 1.92 bits per heavy atom. The molecule has 0 bridgehead atoms. The molecule has 1 aliphatic heterocycles. The second-order valence-electron chi connectivity index (χ2n) is 3.47. The minimum atomic E-state index is -1.14. The Morgan fingerprint density at radius 1 is 1.31 bits per heavy atom. The summed E-state index contributed by atoms with van der Waals surface area (Å²) in [5.74, 6) is -0.791. The van der Waals surface area contributed by atoms with Gasteiger partial charge in [0.1, 0.15) is 6.04 Å². The van der Waals surface area contributed by atoms with Crippen molar-refractivity contribution in [1.82, 2.24) is 4.90 Å². The normalized spacial score (nSPS) is 28.5. The summed E-state index contributed by atoms with van der Waals surface area (Å²) < 4.78 is 0. The number of carbonyl (C=O) groups is 2. The molecule has 5 nitrogen and oxygen atoms in total. The Morgan fingerprint density at radius 3 is 2.38 bits per heavy atom. The van der Waals surface area contributed by atoms with Gasteiger partial charge in [0.2, 0.25) is 0 Å². The van der Waals surface area contributed by atoms with E-state index in [1.807, 2.05) is 6.92 Å². The number of carboxylic acids is 1. The van der Waals surface area contributed by atoms with Gasteiger partial charge in [-0.15, -0.1) is 0 Å². The highest BCUT2D eigenvalue weighted by Crippen LogP contribution is 2.21. The minimum Gasteiger partial charge on any atom is -0.480 e. The van der Waals surface area contributed by atoms with Gasteiger partial charge < -0.3 is 10.2 Å². The number of nitrogens with zero attached hydrogens (tertiary/aromatic N) is 1. The van der Waals surface area contributed by atoms with Gasteiger partial charge in [0.25, 0.3) is 0 Å². The zero-order chi connectivity index (χ0) is 10.0. The third kappa shape index (κ3) is 2.11. The Balaban J connectivity index is 2.72. The van der Waals surface area contributed by atoms with E-state index in [4.69, 9.17) is 10.2 Å². The number of hydrogen-bond acceptors (Lipinski definition) is 2. The Kier molecular flexibility index (Phi) is 2.75. The second kappa shape index (κ2) is 3.64. The van der Waals surface area contributed by atoms with Crippen LogP contribution in [0, 0.1) is 5.92 Å². The van der Waals surface area contributed by atoms with Gasteiger partial charge in [-0.2, -0.15) is 0 Å². The largest absolute Gasteiger partial charge is 0.480 e. The van der Waals surface area contributed by atoms with Crippen molar-refractivity contribution in [2.24, 2.45) is 5.92 Å². The highest BCUT2D eigenvalue weighted by molar-refractivity contribution is 5.79. The molecule has 0 aromatic carbocycles. The van der Waals surface area contributed by atoms with Gasteiger partial charge in [-0.3, -0.25) is 4.90 Å². The van der Waals surface area contributed by atoms with Crippen LogP contribution in [0.4, 0.5) is 4.79 Å². The van der Waals surface area contributed by atoms with Gasteiger partial charge in [-0.1, -0.05) is 6.92 Å². The number of piperidine rings is 1. The predicted molar refractivity (Wildman–Crippen MR) is 44.6 cm³/mol. The van der Waals surface area contributed by atoms with Crippen molar-refractivity contribution in [3.63, 3.8) is 0 Å². The average Bonchev–Trinajstić information content (AvgIpc) is 2.03. The number of hydrogen-bond donors (Lipinski definition) is 2. The molecule has 0 aromatic heterocycles. The average molecular weight is 187 g/mol. The molecule has 5 heteroatoms. The van der Waals surface area contributed by atoms with Crippen LogP contribution in [0.2, 0.25) is 0 Å². The summed E-state index contributed by atoms with van der Waals surface area (Å²) in [6, 6.07) is -0.853. The van der Waals surface area contributed by atoms with Crippen LogP contribution < -0.4 is 0 Å². The first-order chi connectivity index (χ1) is 6.02. The first-order valence-corrected chi connectivity index (χ1v) is 4.24. The molecular weight excluding hydrogens is 174 g/mol. The van der Waals surface area contributed by atoms with Gasteiger partial charge in [0.05, 0.1) is 0 Å². The zero-order valence-electron chi connectivity index (χ0n) is 7.43. The highest BCUT2D eigenvalue weighted by Gasteiger charge is 2.34. The standard InChI is InChI=1S/C8H13NO4/c1-5-2-3-6(7(10)11)9(4-5)8(12)13/h5-6H,2-4H2,1H3,(H,10,11)(H,12,13)/t5?,6-/m0/s1. The maximum atomic E-state index is 10.7. The van der Waals surface area contributed by atoms with Crippen molar-refractivity contribution < 1.29 is 19.8 Å². The first kappa shape index (κ1) is 9.83. The van der Waals surface area contributed by atoms with E-state index in [-0.39, 0.29) is 5.92 Å². The molecule has 0 radical (unpaired) electrons. The number of carboxylic acid groups (broad SMARTS) is 2. The number of aliphatic carboxylic acids is 1. The fourth-order valence-electron chi connectivity index (χ4n) is 1.62. The van der Waals surface area contributed by atoms with Crippen LogP contribution in [-0.4, -0.2) is 39.8 Å². The lowest BCUT2D eigenvalue weighted by Crippen LogP contribution is -2.49. The SMILES string of the molecule is CC1CC[C@@H](C(=O)O)N(C(=O)O)C1. The Bertz CT molecular complexity index is 228. The van der Waals surface area contributed by atoms with Gasteiger partial charge in [-0.25, -0.2) is 9.59 Å². The van der Waals surface area contributed by atoms with E-state index >= 15 is 0 Å². The van der Waals surface area contributed by atoms with Gasteiger partial charge in [0.15, 0.2) is 0 Å². The number of rotatable bonds is 1. The van der Waals surface area contributed by atoms with Crippen LogP contribution >= 0.6 is 0 Å². The van der Waals surface area contributed by atoms with E-state index in [1.165, 1.54) is 0 Å². The molecule has 2 atom stereocenters. The fraction of sp³-hybridized carbons (Fsp3) is 0.750.